The number of nitrogens with zero attached hydrogens (tertiary/aromatic N) is 1. The summed E-state index contributed by atoms with van der Waals surface area (Å²) >= 11 is 8.38. The van der Waals surface area contributed by atoms with Crippen LogP contribution in [0.2, 0.25) is 5.02 Å². The molecule has 25 heavy (non-hydrogen) atoms. The minimum Gasteiger partial charge on any atom is -0.325 e. The van der Waals surface area contributed by atoms with Crippen molar-refractivity contribution >= 4 is 56.5 Å². The van der Waals surface area contributed by atoms with Crippen LogP contribution in [-0.2, 0) is 17.6 Å². The number of nitrogens with one attached hydrogen (secondary N) is 1. The maximum absolute atomic E-state index is 13.7. The van der Waals surface area contributed by atoms with Gasteiger partial charge in [-0.2, -0.15) is 0 Å². The van der Waals surface area contributed by atoms with E-state index in [9.17, 15) is 14.0 Å². The van der Waals surface area contributed by atoms with Gasteiger partial charge in [0.2, 0.25) is 5.91 Å². The monoisotopic (exact) mass is 396 g/mol. The van der Waals surface area contributed by atoms with Crippen molar-refractivity contribution in [3.63, 3.8) is 0 Å². The molecule has 0 fully saturated rings. The van der Waals surface area contributed by atoms with Crippen LogP contribution in [0.1, 0.15) is 5.56 Å². The summed E-state index contributed by atoms with van der Waals surface area (Å²) < 4.78 is 16.1. The number of hydrogen-bond donors (Lipinski definition) is 1. The number of benzene rings is 2. The molecule has 0 aliphatic carbocycles. The Hall–Kier alpha value is -1.83. The van der Waals surface area contributed by atoms with E-state index < -0.39 is 0 Å². The highest BCUT2D eigenvalue weighted by molar-refractivity contribution is 7.99. The first-order valence-electron chi connectivity index (χ1n) is 7.36. The van der Waals surface area contributed by atoms with Gasteiger partial charge in [0.1, 0.15) is 5.82 Å². The molecule has 1 heterocycles. The second kappa shape index (κ2) is 7.59. The molecule has 0 atom stereocenters. The Morgan fingerprint density at radius 3 is 2.92 bits per heavy atom. The zero-order valence-electron chi connectivity index (χ0n) is 13.2. The van der Waals surface area contributed by atoms with Crippen LogP contribution in [0.4, 0.5) is 10.1 Å². The molecule has 3 rings (SSSR count). The van der Waals surface area contributed by atoms with Crippen LogP contribution < -0.4 is 10.2 Å². The molecule has 0 spiro atoms. The summed E-state index contributed by atoms with van der Waals surface area (Å²) in [4.78, 5) is 23.7. The Morgan fingerprint density at radius 1 is 1.36 bits per heavy atom. The number of rotatable bonds is 5. The second-order valence-electron chi connectivity index (χ2n) is 5.35. The summed E-state index contributed by atoms with van der Waals surface area (Å²) in [6.07, 6.45) is 0. The zero-order valence-corrected chi connectivity index (χ0v) is 15.6. The number of carbonyl (C=O) groups is 1. The highest BCUT2D eigenvalue weighted by Crippen LogP contribution is 2.24. The molecule has 0 radical (unpaired) electrons. The molecule has 1 amide bonds. The molecule has 4 nitrogen and oxygen atoms in total. The zero-order chi connectivity index (χ0) is 18.0. The van der Waals surface area contributed by atoms with Crippen LogP contribution in [0.5, 0.6) is 0 Å². The number of anilines is 1. The lowest BCUT2D eigenvalue weighted by molar-refractivity contribution is -0.113. The van der Waals surface area contributed by atoms with Crippen molar-refractivity contribution < 1.29 is 9.18 Å². The number of halogens is 2. The second-order valence-corrected chi connectivity index (χ2v) is 7.74. The molecule has 1 N–H and O–H groups in total. The predicted octanol–water partition coefficient (Wildman–Crippen LogP) is 4.26. The van der Waals surface area contributed by atoms with Gasteiger partial charge in [-0.1, -0.05) is 29.0 Å². The molecule has 0 saturated carbocycles. The van der Waals surface area contributed by atoms with Gasteiger partial charge in [0, 0.05) is 29.1 Å². The van der Waals surface area contributed by atoms with Crippen LogP contribution in [0.25, 0.3) is 10.2 Å². The quantitative estimate of drug-likeness (QED) is 0.700. The van der Waals surface area contributed by atoms with E-state index in [-0.39, 0.29) is 22.4 Å². The third-order valence-electron chi connectivity index (χ3n) is 3.62. The third kappa shape index (κ3) is 4.05. The van der Waals surface area contributed by atoms with Crippen LogP contribution >= 0.6 is 34.7 Å². The summed E-state index contributed by atoms with van der Waals surface area (Å²) in [5.74, 6) is -0.0728. The van der Waals surface area contributed by atoms with E-state index in [1.165, 1.54) is 17.8 Å². The lowest BCUT2D eigenvalue weighted by Crippen LogP contribution is -2.14. The number of aromatic nitrogens is 1. The summed E-state index contributed by atoms with van der Waals surface area (Å²) in [6, 6.07) is 9.85. The van der Waals surface area contributed by atoms with Gasteiger partial charge in [-0.15, -0.1) is 11.8 Å². The first-order chi connectivity index (χ1) is 12.0. The van der Waals surface area contributed by atoms with Crippen molar-refractivity contribution in [2.45, 2.75) is 5.75 Å². The van der Waals surface area contributed by atoms with Crippen molar-refractivity contribution in [2.75, 3.05) is 11.1 Å². The van der Waals surface area contributed by atoms with Gasteiger partial charge < -0.3 is 9.88 Å². The SMILES string of the molecule is Cn1c(=O)sc2cc(NC(=O)CSCc3c(F)cccc3Cl)ccc21. The summed E-state index contributed by atoms with van der Waals surface area (Å²) in [7, 11) is 1.71. The van der Waals surface area contributed by atoms with Gasteiger partial charge in [0.25, 0.3) is 0 Å². The van der Waals surface area contributed by atoms with Crippen molar-refractivity contribution in [3.8, 4) is 0 Å². The maximum Gasteiger partial charge on any atom is 0.307 e. The van der Waals surface area contributed by atoms with Gasteiger partial charge in [0.15, 0.2) is 0 Å². The molecule has 0 unspecified atom stereocenters. The van der Waals surface area contributed by atoms with Crippen LogP contribution in [0.15, 0.2) is 41.2 Å². The fourth-order valence-corrected chi connectivity index (χ4v) is 4.41. The number of thiazole rings is 1. The highest BCUT2D eigenvalue weighted by Gasteiger charge is 2.10. The highest BCUT2D eigenvalue weighted by atomic mass is 35.5. The Morgan fingerprint density at radius 2 is 2.16 bits per heavy atom. The minimum atomic E-state index is -0.371. The lowest BCUT2D eigenvalue weighted by Gasteiger charge is -2.07. The van der Waals surface area contributed by atoms with E-state index in [4.69, 9.17) is 11.6 Å². The Kier molecular flexibility index (Phi) is 5.46. The van der Waals surface area contributed by atoms with Crippen LogP contribution in [-0.4, -0.2) is 16.2 Å². The molecule has 0 saturated heterocycles. The predicted molar refractivity (Wildman–Crippen MR) is 103 cm³/mol. The van der Waals surface area contributed by atoms with E-state index in [1.54, 1.807) is 41.9 Å². The third-order valence-corrected chi connectivity index (χ3v) is 5.93. The summed E-state index contributed by atoms with van der Waals surface area (Å²) in [5.41, 5.74) is 1.86. The Balaban J connectivity index is 1.60. The fourth-order valence-electron chi connectivity index (χ4n) is 2.32. The van der Waals surface area contributed by atoms with Gasteiger partial charge in [-0.05, 0) is 30.3 Å². The number of carbonyl (C=O) groups excluding carboxylic acids is 1. The fraction of sp³-hybridized carbons (Fsp3) is 0.176. The largest absolute Gasteiger partial charge is 0.325 e. The van der Waals surface area contributed by atoms with Crippen molar-refractivity contribution in [1.82, 2.24) is 4.57 Å². The maximum atomic E-state index is 13.7. The molecular formula is C17H14ClFN2O2S2. The minimum absolute atomic E-state index is 0.0456. The molecule has 3 aromatic rings. The molecule has 0 bridgehead atoms. The van der Waals surface area contributed by atoms with Gasteiger partial charge in [-0.3, -0.25) is 9.59 Å². The van der Waals surface area contributed by atoms with Crippen molar-refractivity contribution in [2.24, 2.45) is 7.05 Å². The number of fused-ring (bicyclic) bond motifs is 1. The Bertz CT molecular complexity index is 980. The van der Waals surface area contributed by atoms with E-state index in [0.29, 0.717) is 22.0 Å². The summed E-state index contributed by atoms with van der Waals surface area (Å²) in [6.45, 7) is 0. The van der Waals surface area contributed by atoms with Crippen LogP contribution in [0, 0.1) is 5.82 Å². The number of thioether (sulfide) groups is 1. The van der Waals surface area contributed by atoms with Gasteiger partial charge in [0.05, 0.1) is 16.0 Å². The average molecular weight is 397 g/mol. The van der Waals surface area contributed by atoms with Gasteiger partial charge >= 0.3 is 4.87 Å². The lowest BCUT2D eigenvalue weighted by atomic mass is 10.2. The van der Waals surface area contributed by atoms with Crippen molar-refractivity contribution in [1.29, 1.82) is 0 Å². The molecule has 130 valence electrons. The molecule has 0 aliphatic rings. The number of amides is 1. The van der Waals surface area contributed by atoms with E-state index in [2.05, 4.69) is 5.32 Å². The first-order valence-corrected chi connectivity index (χ1v) is 9.70. The van der Waals surface area contributed by atoms with E-state index in [0.717, 1.165) is 21.6 Å². The topological polar surface area (TPSA) is 51.1 Å². The molecular weight excluding hydrogens is 383 g/mol. The smallest absolute Gasteiger partial charge is 0.307 e. The van der Waals surface area contributed by atoms with E-state index >= 15 is 0 Å². The number of hydrogen-bond acceptors (Lipinski definition) is 4. The molecule has 1 aromatic heterocycles. The normalized spacial score (nSPS) is 11.0. The van der Waals surface area contributed by atoms with Gasteiger partial charge in [-0.25, -0.2) is 4.39 Å². The summed E-state index contributed by atoms with van der Waals surface area (Å²) in [5, 5.41) is 3.15. The standard InChI is InChI=1S/C17H14ClFN2O2S2/c1-21-14-6-5-10(7-15(14)25-17(21)23)20-16(22)9-24-8-11-12(18)3-2-4-13(11)19/h2-7H,8-9H2,1H3,(H,20,22). The number of aryl methyl sites for hydroxylation is 1. The molecule has 2 aromatic carbocycles. The van der Waals surface area contributed by atoms with Crippen molar-refractivity contribution in [3.05, 3.63) is 62.5 Å². The average Bonchev–Trinajstić information content (AvgIpc) is 2.84. The first kappa shape index (κ1) is 18.0. The molecule has 0 aliphatic heterocycles. The molecule has 8 heteroatoms. The van der Waals surface area contributed by atoms with E-state index in [1.807, 2.05) is 0 Å². The van der Waals surface area contributed by atoms with Crippen LogP contribution in [0.3, 0.4) is 0 Å². The Labute approximate surface area is 156 Å².